The minimum Gasteiger partial charge on any atom is -0.343 e. The summed E-state index contributed by atoms with van der Waals surface area (Å²) >= 11 is 0. The number of amides is 1. The zero-order chi connectivity index (χ0) is 15.6. The molecule has 7 heteroatoms. The largest absolute Gasteiger partial charge is 0.343 e. The summed E-state index contributed by atoms with van der Waals surface area (Å²) < 4.78 is 4.90. The van der Waals surface area contributed by atoms with E-state index in [4.69, 9.17) is 4.52 Å². The number of imidazole rings is 1. The zero-order valence-electron chi connectivity index (χ0n) is 12.3. The van der Waals surface area contributed by atoms with Gasteiger partial charge in [0, 0.05) is 24.9 Å². The maximum atomic E-state index is 12.6. The van der Waals surface area contributed by atoms with Crippen LogP contribution in [0.15, 0.2) is 53.8 Å². The monoisotopic (exact) mass is 309 g/mol. The number of nitrogens with one attached hydrogen (secondary N) is 1. The lowest BCUT2D eigenvalue weighted by atomic mass is 9.88. The van der Waals surface area contributed by atoms with Crippen molar-refractivity contribution in [3.05, 3.63) is 66.3 Å². The Balaban J connectivity index is 1.65. The van der Waals surface area contributed by atoms with Crippen molar-refractivity contribution in [1.82, 2.24) is 25.0 Å². The minimum atomic E-state index is -0.0607. The lowest BCUT2D eigenvalue weighted by Crippen LogP contribution is -2.29. The summed E-state index contributed by atoms with van der Waals surface area (Å²) in [5, 5.41) is 3.99. The quantitative estimate of drug-likeness (QED) is 0.797. The van der Waals surface area contributed by atoms with Gasteiger partial charge in [0.15, 0.2) is 5.82 Å². The van der Waals surface area contributed by atoms with Gasteiger partial charge in [0.2, 0.25) is 6.39 Å². The molecule has 0 spiro atoms. The van der Waals surface area contributed by atoms with Crippen molar-refractivity contribution in [3.8, 4) is 0 Å². The molecule has 1 fully saturated rings. The number of hydrogen-bond acceptors (Lipinski definition) is 5. The normalized spacial score (nSPS) is 20.8. The van der Waals surface area contributed by atoms with E-state index >= 15 is 0 Å². The number of benzene rings is 1. The van der Waals surface area contributed by atoms with Gasteiger partial charge < -0.3 is 14.4 Å². The Morgan fingerprint density at radius 1 is 1.22 bits per heavy atom. The fourth-order valence-electron chi connectivity index (χ4n) is 3.15. The maximum absolute atomic E-state index is 12.6. The lowest BCUT2D eigenvalue weighted by molar-refractivity contribution is 0.0783. The minimum absolute atomic E-state index is 0.0167. The molecule has 0 radical (unpaired) electrons. The average molecular weight is 309 g/mol. The Hall–Kier alpha value is -2.96. The van der Waals surface area contributed by atoms with Gasteiger partial charge in [-0.1, -0.05) is 35.5 Å². The summed E-state index contributed by atoms with van der Waals surface area (Å²) in [6.07, 6.45) is 4.38. The highest BCUT2D eigenvalue weighted by molar-refractivity contribution is 5.92. The summed E-state index contributed by atoms with van der Waals surface area (Å²) in [5.74, 6) is 0.733. The molecular weight excluding hydrogens is 294 g/mol. The predicted molar refractivity (Wildman–Crippen MR) is 80.7 cm³/mol. The van der Waals surface area contributed by atoms with Gasteiger partial charge in [0.25, 0.3) is 5.91 Å². The topological polar surface area (TPSA) is 87.9 Å². The Labute approximate surface area is 132 Å². The molecule has 0 unspecified atom stereocenters. The summed E-state index contributed by atoms with van der Waals surface area (Å²) in [7, 11) is 0. The smallest absolute Gasteiger partial charge is 0.271 e. The maximum Gasteiger partial charge on any atom is 0.271 e. The van der Waals surface area contributed by atoms with Crippen LogP contribution in [0.4, 0.5) is 0 Å². The highest BCUT2D eigenvalue weighted by Crippen LogP contribution is 2.38. The molecule has 2 atom stereocenters. The lowest BCUT2D eigenvalue weighted by Gasteiger charge is -2.15. The van der Waals surface area contributed by atoms with Crippen molar-refractivity contribution in [2.75, 3.05) is 13.1 Å². The fraction of sp³-hybridized carbons (Fsp3) is 0.250. The van der Waals surface area contributed by atoms with Gasteiger partial charge >= 0.3 is 0 Å². The van der Waals surface area contributed by atoms with Crippen LogP contribution in [0.25, 0.3) is 0 Å². The number of hydrogen-bond donors (Lipinski definition) is 1. The molecular formula is C16H15N5O2. The van der Waals surface area contributed by atoms with Gasteiger partial charge in [-0.2, -0.15) is 4.98 Å². The first-order chi connectivity index (χ1) is 11.3. The first-order valence-electron chi connectivity index (χ1n) is 7.42. The van der Waals surface area contributed by atoms with Crippen LogP contribution in [-0.2, 0) is 0 Å². The Morgan fingerprint density at radius 2 is 2.04 bits per heavy atom. The van der Waals surface area contributed by atoms with Crippen molar-refractivity contribution in [1.29, 1.82) is 0 Å². The second-order valence-electron chi connectivity index (χ2n) is 5.59. The fourth-order valence-corrected chi connectivity index (χ4v) is 3.15. The van der Waals surface area contributed by atoms with E-state index in [1.54, 1.807) is 6.20 Å². The average Bonchev–Trinajstić information content (AvgIpc) is 3.35. The van der Waals surface area contributed by atoms with E-state index in [1.165, 1.54) is 18.3 Å². The van der Waals surface area contributed by atoms with E-state index in [9.17, 15) is 4.79 Å². The van der Waals surface area contributed by atoms with Crippen molar-refractivity contribution in [3.63, 3.8) is 0 Å². The second-order valence-corrected chi connectivity index (χ2v) is 5.59. The van der Waals surface area contributed by atoms with Crippen LogP contribution >= 0.6 is 0 Å². The molecule has 7 nitrogen and oxygen atoms in total. The molecule has 0 aliphatic carbocycles. The Bertz CT molecular complexity index is 770. The van der Waals surface area contributed by atoms with Crippen LogP contribution in [-0.4, -0.2) is 44.0 Å². The third-order valence-electron chi connectivity index (χ3n) is 4.27. The molecule has 3 heterocycles. The molecule has 0 bridgehead atoms. The Kier molecular flexibility index (Phi) is 3.38. The van der Waals surface area contributed by atoms with E-state index in [2.05, 4.69) is 32.2 Å². The Morgan fingerprint density at radius 3 is 2.74 bits per heavy atom. The second kappa shape index (κ2) is 5.68. The van der Waals surface area contributed by atoms with E-state index in [0.717, 1.165) is 0 Å². The van der Waals surface area contributed by atoms with Gasteiger partial charge in [-0.05, 0) is 5.56 Å². The van der Waals surface area contributed by atoms with Crippen LogP contribution in [0.1, 0.15) is 33.7 Å². The highest BCUT2D eigenvalue weighted by atomic mass is 16.5. The molecule has 0 saturated carbocycles. The SMILES string of the molecule is O=C(c1cnc[nH]1)N1C[C@H](c2ncon2)[C@H](c2ccccc2)C1. The molecule has 1 saturated heterocycles. The van der Waals surface area contributed by atoms with Gasteiger partial charge in [-0.15, -0.1) is 0 Å². The predicted octanol–water partition coefficient (Wildman–Crippen LogP) is 1.82. The first kappa shape index (κ1) is 13.7. The third-order valence-corrected chi connectivity index (χ3v) is 4.27. The van der Waals surface area contributed by atoms with Crippen LogP contribution in [0.5, 0.6) is 0 Å². The molecule has 1 N–H and O–H groups in total. The van der Waals surface area contributed by atoms with Gasteiger partial charge in [-0.25, -0.2) is 4.98 Å². The molecule has 1 amide bonds. The van der Waals surface area contributed by atoms with E-state index < -0.39 is 0 Å². The third kappa shape index (κ3) is 2.50. The van der Waals surface area contributed by atoms with Crippen molar-refractivity contribution in [2.45, 2.75) is 11.8 Å². The molecule has 23 heavy (non-hydrogen) atoms. The first-order valence-corrected chi connectivity index (χ1v) is 7.42. The zero-order valence-corrected chi connectivity index (χ0v) is 12.3. The number of carbonyl (C=O) groups is 1. The van der Waals surface area contributed by atoms with Crippen LogP contribution in [0.2, 0.25) is 0 Å². The molecule has 1 aromatic carbocycles. The molecule has 2 aromatic heterocycles. The molecule has 3 aromatic rings. The van der Waals surface area contributed by atoms with Gasteiger partial charge in [0.1, 0.15) is 5.69 Å². The molecule has 4 rings (SSSR count). The van der Waals surface area contributed by atoms with Crippen LogP contribution in [0.3, 0.4) is 0 Å². The van der Waals surface area contributed by atoms with E-state index in [0.29, 0.717) is 24.6 Å². The number of H-pyrrole nitrogens is 1. The number of aromatic nitrogens is 4. The number of aromatic amines is 1. The summed E-state index contributed by atoms with van der Waals surface area (Å²) in [5.41, 5.74) is 1.66. The van der Waals surface area contributed by atoms with Crippen LogP contribution < -0.4 is 0 Å². The van der Waals surface area contributed by atoms with Crippen molar-refractivity contribution in [2.24, 2.45) is 0 Å². The number of rotatable bonds is 3. The summed E-state index contributed by atoms with van der Waals surface area (Å²) in [6.45, 7) is 1.16. The van der Waals surface area contributed by atoms with Crippen molar-refractivity contribution < 1.29 is 9.32 Å². The highest BCUT2D eigenvalue weighted by Gasteiger charge is 2.39. The van der Waals surface area contributed by atoms with E-state index in [1.807, 2.05) is 23.1 Å². The number of likely N-dealkylation sites (tertiary alicyclic amines) is 1. The van der Waals surface area contributed by atoms with Gasteiger partial charge in [-0.3, -0.25) is 4.79 Å². The molecule has 116 valence electrons. The number of carbonyl (C=O) groups excluding carboxylic acids is 1. The number of nitrogens with zero attached hydrogens (tertiary/aromatic N) is 4. The van der Waals surface area contributed by atoms with E-state index in [-0.39, 0.29) is 17.7 Å². The molecule has 1 aliphatic rings. The summed E-state index contributed by atoms with van der Waals surface area (Å²) in [6, 6.07) is 10.1. The van der Waals surface area contributed by atoms with Crippen LogP contribution in [0, 0.1) is 0 Å². The van der Waals surface area contributed by atoms with Gasteiger partial charge in [0.05, 0.1) is 12.5 Å². The van der Waals surface area contributed by atoms with Crippen molar-refractivity contribution >= 4 is 5.91 Å². The standard InChI is InChI=1S/C16H15N5O2/c22-16(14-6-17-9-18-14)21-7-12(11-4-2-1-3-5-11)13(8-21)15-19-10-23-20-15/h1-6,9-10,12-13H,7-8H2,(H,17,18)/t12-,13-/m0/s1. The summed E-state index contributed by atoms with van der Waals surface area (Å²) in [4.78, 5) is 25.4. The molecule has 1 aliphatic heterocycles.